The number of phosphoric acid groups is 1. The molecule has 0 aliphatic rings. The zero-order valence-electron chi connectivity index (χ0n) is 28.3. The summed E-state index contributed by atoms with van der Waals surface area (Å²) >= 11 is 0. The minimum Gasteiger partial charge on any atom is -0.462 e. The standard InChI is InChI=1S/C35H64NO8P/c1-3-5-7-9-11-13-14-15-16-17-18-20-22-24-26-28-35(38)44-33(32-43-45(39,40)42-30-29-36)31-41-34(37)27-25-23-21-19-12-10-8-6-4-2/h5,7,11,13,15-16,33H,3-4,6,8-10,12,14,17-32,36H2,1-2H3,(H,39,40)/b7-5+,13-11+,16-15+/t33-/m1/s1. The van der Waals surface area contributed by atoms with Crippen LogP contribution in [0.15, 0.2) is 36.5 Å². The van der Waals surface area contributed by atoms with Crippen LogP contribution in [0.5, 0.6) is 0 Å². The highest BCUT2D eigenvalue weighted by molar-refractivity contribution is 7.47. The molecule has 45 heavy (non-hydrogen) atoms. The molecule has 10 heteroatoms. The predicted molar refractivity (Wildman–Crippen MR) is 183 cm³/mol. The van der Waals surface area contributed by atoms with Crippen molar-refractivity contribution in [1.82, 2.24) is 0 Å². The molecule has 0 aliphatic heterocycles. The van der Waals surface area contributed by atoms with Crippen LogP contribution in [0, 0.1) is 0 Å². The first kappa shape index (κ1) is 43.2. The van der Waals surface area contributed by atoms with E-state index in [1.54, 1.807) is 0 Å². The molecule has 0 bridgehead atoms. The second kappa shape index (κ2) is 32.2. The van der Waals surface area contributed by atoms with Gasteiger partial charge in [0.2, 0.25) is 0 Å². The van der Waals surface area contributed by atoms with Crippen LogP contribution >= 0.6 is 7.82 Å². The van der Waals surface area contributed by atoms with Crippen molar-refractivity contribution in [1.29, 1.82) is 0 Å². The van der Waals surface area contributed by atoms with Crippen molar-refractivity contribution >= 4 is 19.8 Å². The van der Waals surface area contributed by atoms with Gasteiger partial charge >= 0.3 is 19.8 Å². The van der Waals surface area contributed by atoms with Crippen molar-refractivity contribution in [3.63, 3.8) is 0 Å². The largest absolute Gasteiger partial charge is 0.472 e. The van der Waals surface area contributed by atoms with E-state index in [4.69, 9.17) is 24.3 Å². The van der Waals surface area contributed by atoms with Crippen molar-refractivity contribution < 1.29 is 37.6 Å². The van der Waals surface area contributed by atoms with E-state index in [1.807, 2.05) is 0 Å². The summed E-state index contributed by atoms with van der Waals surface area (Å²) in [4.78, 5) is 34.5. The van der Waals surface area contributed by atoms with E-state index in [0.717, 1.165) is 70.6 Å². The van der Waals surface area contributed by atoms with E-state index in [2.05, 4.69) is 50.3 Å². The minimum atomic E-state index is -4.37. The number of carbonyl (C=O) groups is 2. The Balaban J connectivity index is 4.29. The third-order valence-electron chi connectivity index (χ3n) is 7.04. The molecular formula is C35H64NO8P. The molecule has 0 aromatic heterocycles. The molecule has 0 saturated carbocycles. The summed E-state index contributed by atoms with van der Waals surface area (Å²) in [5.41, 5.74) is 5.31. The average molecular weight is 658 g/mol. The van der Waals surface area contributed by atoms with E-state index in [1.165, 1.54) is 38.5 Å². The molecule has 0 aliphatic carbocycles. The van der Waals surface area contributed by atoms with Gasteiger partial charge in [-0.3, -0.25) is 18.6 Å². The summed E-state index contributed by atoms with van der Waals surface area (Å²) in [6.45, 7) is 3.55. The minimum absolute atomic E-state index is 0.0501. The van der Waals surface area contributed by atoms with Crippen LogP contribution in [0.2, 0.25) is 0 Å². The van der Waals surface area contributed by atoms with E-state index in [-0.39, 0.29) is 32.6 Å². The summed E-state index contributed by atoms with van der Waals surface area (Å²) in [6, 6.07) is 0. The maximum Gasteiger partial charge on any atom is 0.472 e. The molecular weight excluding hydrogens is 593 g/mol. The summed E-state index contributed by atoms with van der Waals surface area (Å²) in [5, 5.41) is 0. The second-order valence-corrected chi connectivity index (χ2v) is 12.8. The molecule has 0 fully saturated rings. The lowest BCUT2D eigenvalue weighted by atomic mass is 10.1. The number of phosphoric ester groups is 1. The number of nitrogens with two attached hydrogens (primary N) is 1. The number of allylic oxidation sites excluding steroid dienone is 6. The van der Waals surface area contributed by atoms with Crippen molar-refractivity contribution in [2.45, 2.75) is 148 Å². The van der Waals surface area contributed by atoms with Gasteiger partial charge in [0.25, 0.3) is 0 Å². The molecule has 1 unspecified atom stereocenters. The molecule has 0 saturated heterocycles. The number of rotatable bonds is 32. The van der Waals surface area contributed by atoms with Gasteiger partial charge < -0.3 is 20.1 Å². The first-order valence-corrected chi connectivity index (χ1v) is 19.0. The molecule has 0 heterocycles. The Labute approximate surface area is 274 Å². The van der Waals surface area contributed by atoms with Gasteiger partial charge in [-0.15, -0.1) is 0 Å². The molecule has 0 spiro atoms. The van der Waals surface area contributed by atoms with Crippen LogP contribution in [0.25, 0.3) is 0 Å². The van der Waals surface area contributed by atoms with Gasteiger partial charge in [0.15, 0.2) is 6.10 Å². The topological polar surface area (TPSA) is 134 Å². The fraction of sp³-hybridized carbons (Fsp3) is 0.771. The number of hydrogen-bond acceptors (Lipinski definition) is 8. The number of hydrogen-bond donors (Lipinski definition) is 2. The Kier molecular flexibility index (Phi) is 30.9. The van der Waals surface area contributed by atoms with Crippen molar-refractivity contribution in [3.05, 3.63) is 36.5 Å². The third kappa shape index (κ3) is 32.0. The molecule has 0 aromatic rings. The van der Waals surface area contributed by atoms with E-state index in [0.29, 0.717) is 6.42 Å². The number of unbranched alkanes of at least 4 members (excludes halogenated alkanes) is 13. The zero-order valence-corrected chi connectivity index (χ0v) is 29.2. The van der Waals surface area contributed by atoms with Crippen molar-refractivity contribution in [2.75, 3.05) is 26.4 Å². The first-order chi connectivity index (χ1) is 21.8. The Morgan fingerprint density at radius 1 is 0.689 bits per heavy atom. The van der Waals surface area contributed by atoms with Gasteiger partial charge in [-0.05, 0) is 44.9 Å². The molecule has 0 amide bonds. The van der Waals surface area contributed by atoms with Gasteiger partial charge in [0, 0.05) is 19.4 Å². The molecule has 0 aromatic carbocycles. The van der Waals surface area contributed by atoms with Crippen LogP contribution in [0.3, 0.4) is 0 Å². The second-order valence-electron chi connectivity index (χ2n) is 11.4. The predicted octanol–water partition coefficient (Wildman–Crippen LogP) is 9.04. The molecule has 0 radical (unpaired) electrons. The molecule has 3 N–H and O–H groups in total. The SMILES string of the molecule is CC/C=C/C/C=C/C/C=C/CCCCCCCC(=O)O[C@H](COC(=O)CCCCCCCCCCC)COP(=O)(O)OCCN. The van der Waals surface area contributed by atoms with Crippen LogP contribution in [0.4, 0.5) is 0 Å². The smallest absolute Gasteiger partial charge is 0.462 e. The fourth-order valence-electron chi connectivity index (χ4n) is 4.47. The van der Waals surface area contributed by atoms with Gasteiger partial charge in [0.05, 0.1) is 13.2 Å². The Morgan fingerprint density at radius 2 is 1.22 bits per heavy atom. The monoisotopic (exact) mass is 657 g/mol. The molecule has 262 valence electrons. The molecule has 9 nitrogen and oxygen atoms in total. The van der Waals surface area contributed by atoms with Gasteiger partial charge in [-0.1, -0.05) is 121 Å². The third-order valence-corrected chi connectivity index (χ3v) is 8.02. The lowest BCUT2D eigenvalue weighted by molar-refractivity contribution is -0.161. The maximum absolute atomic E-state index is 12.5. The average Bonchev–Trinajstić information content (AvgIpc) is 3.02. The van der Waals surface area contributed by atoms with E-state index < -0.39 is 32.5 Å². The first-order valence-electron chi connectivity index (χ1n) is 17.5. The fourth-order valence-corrected chi connectivity index (χ4v) is 5.24. The normalized spacial score (nSPS) is 14.0. The molecule has 0 rings (SSSR count). The lowest BCUT2D eigenvalue weighted by Gasteiger charge is -2.19. The van der Waals surface area contributed by atoms with Crippen LogP contribution in [-0.2, 0) is 32.7 Å². The van der Waals surface area contributed by atoms with Gasteiger partial charge in [-0.2, -0.15) is 0 Å². The highest BCUT2D eigenvalue weighted by Crippen LogP contribution is 2.43. The number of carbonyl (C=O) groups excluding carboxylic acids is 2. The highest BCUT2D eigenvalue weighted by atomic mass is 31.2. The van der Waals surface area contributed by atoms with Crippen LogP contribution in [-0.4, -0.2) is 49.3 Å². The van der Waals surface area contributed by atoms with Gasteiger partial charge in [-0.25, -0.2) is 4.57 Å². The molecule has 2 atom stereocenters. The lowest BCUT2D eigenvalue weighted by Crippen LogP contribution is -2.29. The van der Waals surface area contributed by atoms with Crippen LogP contribution < -0.4 is 5.73 Å². The highest BCUT2D eigenvalue weighted by Gasteiger charge is 2.25. The summed E-state index contributed by atoms with van der Waals surface area (Å²) < 4.78 is 32.5. The van der Waals surface area contributed by atoms with Crippen molar-refractivity contribution in [3.8, 4) is 0 Å². The zero-order chi connectivity index (χ0) is 33.3. The quantitative estimate of drug-likeness (QED) is 0.0314. The van der Waals surface area contributed by atoms with Crippen LogP contribution in [0.1, 0.15) is 142 Å². The summed E-state index contributed by atoms with van der Waals surface area (Å²) in [5.74, 6) is -0.855. The Bertz CT molecular complexity index is 846. The van der Waals surface area contributed by atoms with E-state index in [9.17, 15) is 19.0 Å². The summed E-state index contributed by atoms with van der Waals surface area (Å²) in [6.07, 6.45) is 31.8. The number of esters is 2. The maximum atomic E-state index is 12.5. The van der Waals surface area contributed by atoms with Gasteiger partial charge in [0.1, 0.15) is 6.61 Å². The Hall–Kier alpha value is -1.77. The van der Waals surface area contributed by atoms with Crippen molar-refractivity contribution in [2.24, 2.45) is 5.73 Å². The Morgan fingerprint density at radius 3 is 1.82 bits per heavy atom. The summed E-state index contributed by atoms with van der Waals surface area (Å²) in [7, 11) is -4.37. The number of ether oxygens (including phenoxy) is 2. The van der Waals surface area contributed by atoms with E-state index >= 15 is 0 Å².